The second kappa shape index (κ2) is 5.60. The molecule has 0 fully saturated rings. The van der Waals surface area contributed by atoms with E-state index < -0.39 is 5.54 Å². The summed E-state index contributed by atoms with van der Waals surface area (Å²) < 4.78 is 0. The summed E-state index contributed by atoms with van der Waals surface area (Å²) in [5, 5.41) is 1.06. The van der Waals surface area contributed by atoms with E-state index in [-0.39, 0.29) is 5.91 Å². The summed E-state index contributed by atoms with van der Waals surface area (Å²) >= 11 is 12.6. The van der Waals surface area contributed by atoms with Crippen molar-refractivity contribution < 1.29 is 4.79 Å². The SMILES string of the molecule is CCC1(Cc2ccccc2)c2c(Cl)cc(Cl)cc2C(=O)N1C. The van der Waals surface area contributed by atoms with Gasteiger partial charge in [-0.25, -0.2) is 0 Å². The first-order chi connectivity index (χ1) is 10.5. The van der Waals surface area contributed by atoms with Crippen molar-refractivity contribution in [1.82, 2.24) is 4.90 Å². The Morgan fingerprint density at radius 3 is 2.45 bits per heavy atom. The van der Waals surface area contributed by atoms with Crippen LogP contribution in [0.4, 0.5) is 0 Å². The fourth-order valence-electron chi connectivity index (χ4n) is 3.44. The van der Waals surface area contributed by atoms with Gasteiger partial charge in [-0.2, -0.15) is 0 Å². The molecule has 0 saturated heterocycles. The van der Waals surface area contributed by atoms with Crippen LogP contribution in [0.5, 0.6) is 0 Å². The molecule has 22 heavy (non-hydrogen) atoms. The monoisotopic (exact) mass is 333 g/mol. The van der Waals surface area contributed by atoms with E-state index >= 15 is 0 Å². The van der Waals surface area contributed by atoms with E-state index in [0.717, 1.165) is 18.4 Å². The Labute approximate surface area is 140 Å². The molecule has 2 nitrogen and oxygen atoms in total. The molecule has 0 saturated carbocycles. The van der Waals surface area contributed by atoms with Gasteiger partial charge < -0.3 is 4.90 Å². The van der Waals surface area contributed by atoms with Crippen LogP contribution in [-0.2, 0) is 12.0 Å². The summed E-state index contributed by atoms with van der Waals surface area (Å²) in [4.78, 5) is 14.5. The average Bonchev–Trinajstić information content (AvgIpc) is 2.71. The molecule has 0 spiro atoms. The van der Waals surface area contributed by atoms with Gasteiger partial charge in [0.15, 0.2) is 0 Å². The Morgan fingerprint density at radius 1 is 1.14 bits per heavy atom. The maximum absolute atomic E-state index is 12.7. The van der Waals surface area contributed by atoms with Crippen LogP contribution < -0.4 is 0 Å². The number of likely N-dealkylation sites (N-methyl/N-ethyl adjacent to an activating group) is 1. The standard InChI is InChI=1S/C18H17Cl2NO/c1-3-18(11-12-7-5-4-6-8-12)16-14(17(22)21(18)2)9-13(19)10-15(16)20/h4-10H,3,11H2,1-2H3. The van der Waals surface area contributed by atoms with Gasteiger partial charge in [0.1, 0.15) is 0 Å². The highest BCUT2D eigenvalue weighted by Gasteiger charge is 2.48. The molecule has 2 aromatic carbocycles. The van der Waals surface area contributed by atoms with Gasteiger partial charge >= 0.3 is 0 Å². The van der Waals surface area contributed by atoms with E-state index in [1.165, 1.54) is 5.56 Å². The minimum Gasteiger partial charge on any atom is -0.332 e. The minimum atomic E-state index is -0.421. The summed E-state index contributed by atoms with van der Waals surface area (Å²) in [6.07, 6.45) is 1.53. The number of halogens is 2. The van der Waals surface area contributed by atoms with Gasteiger partial charge in [-0.15, -0.1) is 0 Å². The van der Waals surface area contributed by atoms with Crippen LogP contribution in [0.3, 0.4) is 0 Å². The predicted molar refractivity (Wildman–Crippen MR) is 90.7 cm³/mol. The van der Waals surface area contributed by atoms with Crippen molar-refractivity contribution >= 4 is 29.1 Å². The molecule has 3 rings (SSSR count). The normalized spacial score (nSPS) is 20.4. The van der Waals surface area contributed by atoms with Crippen LogP contribution in [0.15, 0.2) is 42.5 Å². The highest BCUT2D eigenvalue weighted by molar-refractivity contribution is 6.36. The zero-order valence-corrected chi connectivity index (χ0v) is 14.1. The van der Waals surface area contributed by atoms with Gasteiger partial charge in [0, 0.05) is 34.6 Å². The van der Waals surface area contributed by atoms with Crippen LogP contribution in [0.25, 0.3) is 0 Å². The second-order valence-corrected chi connectivity index (χ2v) is 6.57. The number of rotatable bonds is 3. The van der Waals surface area contributed by atoms with Crippen LogP contribution in [-0.4, -0.2) is 17.9 Å². The summed E-state index contributed by atoms with van der Waals surface area (Å²) in [5.41, 5.74) is 2.29. The topological polar surface area (TPSA) is 20.3 Å². The summed E-state index contributed by atoms with van der Waals surface area (Å²) in [5.74, 6) is -0.0165. The number of fused-ring (bicyclic) bond motifs is 1. The third-order valence-corrected chi connectivity index (χ3v) is 5.14. The lowest BCUT2D eigenvalue weighted by Crippen LogP contribution is -2.42. The van der Waals surface area contributed by atoms with Crippen LogP contribution in [0.1, 0.15) is 34.8 Å². The van der Waals surface area contributed by atoms with Crippen LogP contribution in [0.2, 0.25) is 10.0 Å². The van der Waals surface area contributed by atoms with Crippen molar-refractivity contribution in [1.29, 1.82) is 0 Å². The van der Waals surface area contributed by atoms with E-state index in [2.05, 4.69) is 19.1 Å². The largest absolute Gasteiger partial charge is 0.332 e. The number of carbonyl (C=O) groups is 1. The highest BCUT2D eigenvalue weighted by atomic mass is 35.5. The molecule has 1 atom stereocenters. The Kier molecular flexibility index (Phi) is 3.92. The van der Waals surface area contributed by atoms with E-state index in [4.69, 9.17) is 23.2 Å². The number of benzene rings is 2. The van der Waals surface area contributed by atoms with Gasteiger partial charge in [-0.3, -0.25) is 4.79 Å². The van der Waals surface area contributed by atoms with E-state index in [9.17, 15) is 4.79 Å². The molecule has 1 amide bonds. The number of hydrogen-bond donors (Lipinski definition) is 0. The lowest BCUT2D eigenvalue weighted by molar-refractivity contribution is 0.0620. The smallest absolute Gasteiger partial charge is 0.254 e. The zero-order chi connectivity index (χ0) is 15.9. The quantitative estimate of drug-likeness (QED) is 0.780. The molecule has 0 N–H and O–H groups in total. The molecule has 0 aliphatic carbocycles. The average molecular weight is 334 g/mol. The first-order valence-electron chi connectivity index (χ1n) is 7.31. The van der Waals surface area contributed by atoms with Gasteiger partial charge in [0.2, 0.25) is 0 Å². The van der Waals surface area contributed by atoms with Crippen LogP contribution >= 0.6 is 23.2 Å². The van der Waals surface area contributed by atoms with Crippen molar-refractivity contribution in [3.05, 3.63) is 69.2 Å². The first kappa shape index (κ1) is 15.4. The third-order valence-electron chi connectivity index (χ3n) is 4.62. The van der Waals surface area contributed by atoms with Gasteiger partial charge in [-0.1, -0.05) is 60.5 Å². The lowest BCUT2D eigenvalue weighted by atomic mass is 9.81. The van der Waals surface area contributed by atoms with Crippen molar-refractivity contribution in [2.24, 2.45) is 0 Å². The zero-order valence-electron chi connectivity index (χ0n) is 12.6. The Balaban J connectivity index is 2.19. The molecule has 2 aromatic rings. The first-order valence-corrected chi connectivity index (χ1v) is 8.07. The third kappa shape index (κ3) is 2.22. The summed E-state index contributed by atoms with van der Waals surface area (Å²) in [6, 6.07) is 13.6. The van der Waals surface area contributed by atoms with E-state index in [0.29, 0.717) is 15.6 Å². The molecular formula is C18H17Cl2NO. The Morgan fingerprint density at radius 2 is 1.82 bits per heavy atom. The molecule has 0 aromatic heterocycles. The van der Waals surface area contributed by atoms with Gasteiger partial charge in [-0.05, 0) is 24.1 Å². The van der Waals surface area contributed by atoms with Crippen molar-refractivity contribution in [3.8, 4) is 0 Å². The molecule has 114 valence electrons. The molecule has 1 aliphatic rings. The predicted octanol–water partition coefficient (Wildman–Crippen LogP) is 4.93. The second-order valence-electron chi connectivity index (χ2n) is 5.72. The maximum atomic E-state index is 12.7. The summed E-state index contributed by atoms with van der Waals surface area (Å²) in [6.45, 7) is 2.09. The fourth-order valence-corrected chi connectivity index (χ4v) is 4.11. The number of nitrogens with zero attached hydrogens (tertiary/aromatic N) is 1. The molecular weight excluding hydrogens is 317 g/mol. The van der Waals surface area contributed by atoms with Gasteiger partial charge in [0.05, 0.1) is 5.54 Å². The Bertz CT molecular complexity index is 729. The molecule has 4 heteroatoms. The van der Waals surface area contributed by atoms with E-state index in [1.807, 2.05) is 30.1 Å². The summed E-state index contributed by atoms with van der Waals surface area (Å²) in [7, 11) is 1.85. The highest BCUT2D eigenvalue weighted by Crippen LogP contribution is 2.47. The molecule has 0 bridgehead atoms. The van der Waals surface area contributed by atoms with Crippen molar-refractivity contribution in [2.45, 2.75) is 25.3 Å². The maximum Gasteiger partial charge on any atom is 0.254 e. The molecule has 0 radical (unpaired) electrons. The number of hydrogen-bond acceptors (Lipinski definition) is 1. The van der Waals surface area contributed by atoms with Crippen LogP contribution in [0, 0.1) is 0 Å². The fraction of sp³-hybridized carbons (Fsp3) is 0.278. The Hall–Kier alpha value is -1.51. The number of amides is 1. The molecule has 1 aliphatic heterocycles. The van der Waals surface area contributed by atoms with Crippen molar-refractivity contribution in [3.63, 3.8) is 0 Å². The number of carbonyl (C=O) groups excluding carboxylic acids is 1. The lowest BCUT2D eigenvalue weighted by Gasteiger charge is -2.37. The molecule has 1 unspecified atom stereocenters. The van der Waals surface area contributed by atoms with E-state index in [1.54, 1.807) is 12.1 Å². The van der Waals surface area contributed by atoms with Crippen molar-refractivity contribution in [2.75, 3.05) is 7.05 Å². The molecule has 1 heterocycles. The minimum absolute atomic E-state index is 0.0165. The van der Waals surface area contributed by atoms with Gasteiger partial charge in [0.25, 0.3) is 5.91 Å².